The van der Waals surface area contributed by atoms with Crippen molar-refractivity contribution < 1.29 is 27.8 Å². The third-order valence-corrected chi connectivity index (χ3v) is 3.39. The fraction of sp³-hybridized carbons (Fsp3) is 0.200. The molecule has 26 heavy (non-hydrogen) atoms. The zero-order chi connectivity index (χ0) is 18.9. The Morgan fingerprint density at radius 3 is 2.31 bits per heavy atom. The molecule has 0 fully saturated rings. The van der Waals surface area contributed by atoms with E-state index in [0.29, 0.717) is 0 Å². The average Bonchev–Trinajstić information content (AvgIpc) is 2.62. The lowest BCUT2D eigenvalue weighted by molar-refractivity contribution is -0.129. The van der Waals surface area contributed by atoms with Crippen molar-refractivity contribution in [2.24, 2.45) is 0 Å². The summed E-state index contributed by atoms with van der Waals surface area (Å²) in [5.41, 5.74) is 0.174. The van der Waals surface area contributed by atoms with E-state index < -0.39 is 23.6 Å². The Balaban J connectivity index is 1.93. The van der Waals surface area contributed by atoms with Crippen LogP contribution in [0.25, 0.3) is 0 Å². The molecule has 0 bridgehead atoms. The molecule has 0 aliphatic rings. The van der Waals surface area contributed by atoms with Crippen molar-refractivity contribution in [3.8, 4) is 11.5 Å². The van der Waals surface area contributed by atoms with Crippen LogP contribution in [0.5, 0.6) is 11.5 Å². The summed E-state index contributed by atoms with van der Waals surface area (Å²) in [7, 11) is 0. The second-order valence-electron chi connectivity index (χ2n) is 5.46. The minimum absolute atomic E-state index is 0.110. The molecule has 0 spiro atoms. The molecule has 0 unspecified atom stereocenters. The molecule has 2 rings (SSSR count). The molecule has 0 atom stereocenters. The van der Waals surface area contributed by atoms with Gasteiger partial charge in [-0.3, -0.25) is 0 Å². The van der Waals surface area contributed by atoms with Crippen molar-refractivity contribution in [3.63, 3.8) is 0 Å². The zero-order valence-corrected chi connectivity index (χ0v) is 14.2. The maximum absolute atomic E-state index is 13.1. The third-order valence-electron chi connectivity index (χ3n) is 3.39. The number of esters is 2. The van der Waals surface area contributed by atoms with E-state index in [1.54, 1.807) is 6.08 Å². The summed E-state index contributed by atoms with van der Waals surface area (Å²) < 4.78 is 36.1. The summed E-state index contributed by atoms with van der Waals surface area (Å²) >= 11 is 0. The van der Waals surface area contributed by atoms with Crippen LogP contribution in [0.4, 0.5) is 8.78 Å². The van der Waals surface area contributed by atoms with Gasteiger partial charge in [-0.1, -0.05) is 25.8 Å². The van der Waals surface area contributed by atoms with E-state index in [1.807, 2.05) is 0 Å². The first-order valence-corrected chi connectivity index (χ1v) is 8.15. The Kier molecular flexibility index (Phi) is 7.02. The van der Waals surface area contributed by atoms with Gasteiger partial charge in [0.1, 0.15) is 11.5 Å². The maximum Gasteiger partial charge on any atom is 0.343 e. The number of hydrogen-bond acceptors (Lipinski definition) is 4. The molecular weight excluding hydrogens is 342 g/mol. The minimum Gasteiger partial charge on any atom is -0.423 e. The SMILES string of the molecule is CCCCC=CC(=O)Oc1ccc(C(=O)Oc2ccc(F)c(F)c2)cc1. The summed E-state index contributed by atoms with van der Waals surface area (Å²) in [6.07, 6.45) is 5.96. The van der Waals surface area contributed by atoms with Crippen LogP contribution >= 0.6 is 0 Å². The molecule has 4 nitrogen and oxygen atoms in total. The van der Waals surface area contributed by atoms with Gasteiger partial charge in [-0.15, -0.1) is 0 Å². The first-order valence-electron chi connectivity index (χ1n) is 8.15. The van der Waals surface area contributed by atoms with Crippen LogP contribution in [0.2, 0.25) is 0 Å². The molecule has 0 aliphatic heterocycles. The van der Waals surface area contributed by atoms with Crippen molar-refractivity contribution in [2.45, 2.75) is 26.2 Å². The fourth-order valence-electron chi connectivity index (χ4n) is 2.02. The average molecular weight is 360 g/mol. The van der Waals surface area contributed by atoms with Gasteiger partial charge in [-0.2, -0.15) is 0 Å². The molecular formula is C20H18F2O4. The molecule has 0 aliphatic carbocycles. The smallest absolute Gasteiger partial charge is 0.343 e. The molecule has 0 saturated heterocycles. The van der Waals surface area contributed by atoms with Crippen LogP contribution in [0.3, 0.4) is 0 Å². The number of hydrogen-bond donors (Lipinski definition) is 0. The lowest BCUT2D eigenvalue weighted by atomic mass is 10.2. The Bertz CT molecular complexity index is 798. The number of carbonyl (C=O) groups is 2. The van der Waals surface area contributed by atoms with Crippen LogP contribution < -0.4 is 9.47 Å². The van der Waals surface area contributed by atoms with Crippen LogP contribution in [-0.2, 0) is 4.79 Å². The predicted molar refractivity (Wildman–Crippen MR) is 92.1 cm³/mol. The standard InChI is InChI=1S/C20H18F2O4/c1-2-3-4-5-6-19(23)25-15-9-7-14(8-10-15)20(24)26-16-11-12-17(21)18(22)13-16/h5-13H,2-4H2,1H3. The van der Waals surface area contributed by atoms with Crippen molar-refractivity contribution in [1.29, 1.82) is 0 Å². The van der Waals surface area contributed by atoms with E-state index in [9.17, 15) is 18.4 Å². The highest BCUT2D eigenvalue weighted by atomic mass is 19.2. The Labute approximate surface area is 150 Å². The molecule has 6 heteroatoms. The van der Waals surface area contributed by atoms with Gasteiger partial charge >= 0.3 is 11.9 Å². The van der Waals surface area contributed by atoms with Crippen LogP contribution in [0, 0.1) is 11.6 Å². The highest BCUT2D eigenvalue weighted by molar-refractivity contribution is 5.91. The van der Waals surface area contributed by atoms with E-state index in [4.69, 9.17) is 9.47 Å². The maximum atomic E-state index is 13.1. The topological polar surface area (TPSA) is 52.6 Å². The Morgan fingerprint density at radius 1 is 0.962 bits per heavy atom. The fourth-order valence-corrected chi connectivity index (χ4v) is 2.02. The molecule has 0 saturated carbocycles. The second kappa shape index (κ2) is 9.46. The second-order valence-corrected chi connectivity index (χ2v) is 5.46. The van der Waals surface area contributed by atoms with E-state index >= 15 is 0 Å². The quantitative estimate of drug-likeness (QED) is 0.307. The van der Waals surface area contributed by atoms with Gasteiger partial charge in [0.05, 0.1) is 5.56 Å². The number of carbonyl (C=O) groups excluding carboxylic acids is 2. The number of unbranched alkanes of at least 4 members (excludes halogenated alkanes) is 2. The van der Waals surface area contributed by atoms with Gasteiger partial charge in [0.25, 0.3) is 0 Å². The molecule has 2 aromatic carbocycles. The number of allylic oxidation sites excluding steroid dienone is 1. The highest BCUT2D eigenvalue weighted by Crippen LogP contribution is 2.18. The molecule has 136 valence electrons. The molecule has 0 N–H and O–H groups in total. The first-order chi connectivity index (χ1) is 12.5. The largest absolute Gasteiger partial charge is 0.423 e. The predicted octanol–water partition coefficient (Wildman–Crippen LogP) is 4.84. The van der Waals surface area contributed by atoms with Gasteiger partial charge in [-0.25, -0.2) is 18.4 Å². The summed E-state index contributed by atoms with van der Waals surface area (Å²) in [6, 6.07) is 8.51. The van der Waals surface area contributed by atoms with Gasteiger partial charge < -0.3 is 9.47 Å². The number of ether oxygens (including phenoxy) is 2. The van der Waals surface area contributed by atoms with Crippen molar-refractivity contribution >= 4 is 11.9 Å². The van der Waals surface area contributed by atoms with E-state index in [-0.39, 0.29) is 17.1 Å². The molecule has 0 radical (unpaired) electrons. The van der Waals surface area contributed by atoms with Crippen molar-refractivity contribution in [3.05, 3.63) is 71.8 Å². The lowest BCUT2D eigenvalue weighted by Crippen LogP contribution is -2.09. The summed E-state index contributed by atoms with van der Waals surface area (Å²) in [5, 5.41) is 0. The Morgan fingerprint density at radius 2 is 1.65 bits per heavy atom. The molecule has 0 heterocycles. The van der Waals surface area contributed by atoms with Crippen LogP contribution in [0.15, 0.2) is 54.6 Å². The van der Waals surface area contributed by atoms with Crippen LogP contribution in [0.1, 0.15) is 36.5 Å². The summed E-state index contributed by atoms with van der Waals surface area (Å²) in [5.74, 6) is -3.21. The number of benzene rings is 2. The zero-order valence-electron chi connectivity index (χ0n) is 14.2. The highest BCUT2D eigenvalue weighted by Gasteiger charge is 2.11. The molecule has 0 amide bonds. The van der Waals surface area contributed by atoms with Gasteiger partial charge in [-0.05, 0) is 42.8 Å². The Hall–Kier alpha value is -3.02. The normalized spacial score (nSPS) is 10.7. The van der Waals surface area contributed by atoms with Crippen molar-refractivity contribution in [2.75, 3.05) is 0 Å². The van der Waals surface area contributed by atoms with Crippen molar-refractivity contribution in [1.82, 2.24) is 0 Å². The van der Waals surface area contributed by atoms with Gasteiger partial charge in [0.2, 0.25) is 0 Å². The third kappa shape index (κ3) is 5.81. The summed E-state index contributed by atoms with van der Waals surface area (Å²) in [6.45, 7) is 2.06. The first kappa shape index (κ1) is 19.3. The minimum atomic E-state index is -1.11. The van der Waals surface area contributed by atoms with Gasteiger partial charge in [0.15, 0.2) is 11.6 Å². The lowest BCUT2D eigenvalue weighted by Gasteiger charge is -2.06. The number of halogens is 2. The monoisotopic (exact) mass is 360 g/mol. The summed E-state index contributed by atoms with van der Waals surface area (Å²) in [4.78, 5) is 23.6. The van der Waals surface area contributed by atoms with Crippen LogP contribution in [-0.4, -0.2) is 11.9 Å². The van der Waals surface area contributed by atoms with E-state index in [1.165, 1.54) is 30.3 Å². The van der Waals surface area contributed by atoms with E-state index in [2.05, 4.69) is 6.92 Å². The van der Waals surface area contributed by atoms with Gasteiger partial charge in [0, 0.05) is 12.1 Å². The molecule has 2 aromatic rings. The molecule has 0 aromatic heterocycles. The number of rotatable bonds is 7. The van der Waals surface area contributed by atoms with E-state index in [0.717, 1.165) is 37.5 Å².